The normalized spacial score (nSPS) is 17.9. The number of nitrogens with zero attached hydrogens (tertiary/aromatic N) is 2. The van der Waals surface area contributed by atoms with Crippen molar-refractivity contribution in [2.75, 3.05) is 0 Å². The lowest BCUT2D eigenvalue weighted by molar-refractivity contribution is 0.421. The fourth-order valence-electron chi connectivity index (χ4n) is 2.29. The van der Waals surface area contributed by atoms with E-state index in [4.69, 9.17) is 0 Å². The molecule has 0 atom stereocenters. The number of hydrogen-bond donors (Lipinski definition) is 0. The second kappa shape index (κ2) is 4.21. The zero-order valence-electron chi connectivity index (χ0n) is 8.89. The highest BCUT2D eigenvalue weighted by Gasteiger charge is 2.17. The molecule has 1 saturated carbocycles. The lowest BCUT2D eigenvalue weighted by Crippen LogP contribution is -2.10. The van der Waals surface area contributed by atoms with E-state index in [1.807, 2.05) is 0 Å². The summed E-state index contributed by atoms with van der Waals surface area (Å²) >= 11 is 2.39. The van der Waals surface area contributed by atoms with E-state index in [9.17, 15) is 0 Å². The fraction of sp³-hybridized carbons (Fsp3) is 0.727. The average molecular weight is 304 g/mol. The van der Waals surface area contributed by atoms with Crippen molar-refractivity contribution in [1.82, 2.24) is 9.78 Å². The van der Waals surface area contributed by atoms with Gasteiger partial charge in [-0.1, -0.05) is 12.8 Å². The predicted molar refractivity (Wildman–Crippen MR) is 66.4 cm³/mol. The quantitative estimate of drug-likeness (QED) is 0.767. The highest BCUT2D eigenvalue weighted by molar-refractivity contribution is 14.1. The highest BCUT2D eigenvalue weighted by atomic mass is 127. The summed E-state index contributed by atoms with van der Waals surface area (Å²) in [4.78, 5) is 0. The summed E-state index contributed by atoms with van der Waals surface area (Å²) in [6, 6.07) is 0. The van der Waals surface area contributed by atoms with Crippen molar-refractivity contribution >= 4 is 22.6 Å². The van der Waals surface area contributed by atoms with Crippen LogP contribution in [0.1, 0.15) is 37.1 Å². The van der Waals surface area contributed by atoms with E-state index < -0.39 is 0 Å². The molecule has 0 amide bonds. The molecule has 2 nitrogen and oxygen atoms in total. The first-order chi connectivity index (χ1) is 6.68. The third-order valence-electron chi connectivity index (χ3n) is 3.20. The zero-order chi connectivity index (χ0) is 10.1. The summed E-state index contributed by atoms with van der Waals surface area (Å²) in [5.41, 5.74) is 2.52. The van der Waals surface area contributed by atoms with Gasteiger partial charge in [-0.25, -0.2) is 0 Å². The molecule has 1 aromatic rings. The Hall–Kier alpha value is -0.0600. The van der Waals surface area contributed by atoms with Crippen LogP contribution in [0.15, 0.2) is 0 Å². The Kier molecular flexibility index (Phi) is 3.14. The maximum Gasteiger partial charge on any atom is 0.0729 e. The Labute approximate surface area is 99.2 Å². The minimum atomic E-state index is 0.879. The van der Waals surface area contributed by atoms with Crippen molar-refractivity contribution in [3.63, 3.8) is 0 Å². The van der Waals surface area contributed by atoms with E-state index in [0.29, 0.717) is 0 Å². The highest BCUT2D eigenvalue weighted by Crippen LogP contribution is 2.27. The molecule has 1 aromatic heterocycles. The second-order valence-corrected chi connectivity index (χ2v) is 5.40. The van der Waals surface area contributed by atoms with E-state index in [1.54, 1.807) is 0 Å². The topological polar surface area (TPSA) is 17.8 Å². The first-order valence-electron chi connectivity index (χ1n) is 5.38. The van der Waals surface area contributed by atoms with E-state index in [1.165, 1.54) is 40.6 Å². The lowest BCUT2D eigenvalue weighted by Gasteiger charge is -2.10. The van der Waals surface area contributed by atoms with Gasteiger partial charge in [0, 0.05) is 12.2 Å². The van der Waals surface area contributed by atoms with Crippen LogP contribution in [0.2, 0.25) is 0 Å². The molecule has 78 valence electrons. The molecule has 3 heteroatoms. The average Bonchev–Trinajstić information content (AvgIpc) is 2.73. The maximum absolute atomic E-state index is 4.58. The van der Waals surface area contributed by atoms with Crippen molar-refractivity contribution in [3.8, 4) is 0 Å². The molecule has 0 radical (unpaired) electrons. The van der Waals surface area contributed by atoms with E-state index in [-0.39, 0.29) is 0 Å². The Morgan fingerprint density at radius 2 is 2.00 bits per heavy atom. The summed E-state index contributed by atoms with van der Waals surface area (Å²) in [5.74, 6) is 0.879. The van der Waals surface area contributed by atoms with Crippen LogP contribution in [0.5, 0.6) is 0 Å². The van der Waals surface area contributed by atoms with E-state index in [2.05, 4.69) is 46.2 Å². The smallest absolute Gasteiger partial charge is 0.0729 e. The van der Waals surface area contributed by atoms with Crippen LogP contribution in [-0.4, -0.2) is 9.78 Å². The van der Waals surface area contributed by atoms with Crippen LogP contribution in [0.4, 0.5) is 0 Å². The molecule has 1 aliphatic rings. The van der Waals surface area contributed by atoms with Gasteiger partial charge in [-0.2, -0.15) is 5.10 Å². The van der Waals surface area contributed by atoms with Crippen molar-refractivity contribution in [2.45, 2.75) is 46.1 Å². The molecule has 0 saturated heterocycles. The van der Waals surface area contributed by atoms with Crippen LogP contribution >= 0.6 is 22.6 Å². The summed E-state index contributed by atoms with van der Waals surface area (Å²) in [6.07, 6.45) is 5.63. The van der Waals surface area contributed by atoms with Crippen molar-refractivity contribution in [2.24, 2.45) is 5.92 Å². The molecular formula is C11H17IN2. The first-order valence-corrected chi connectivity index (χ1v) is 6.46. The molecule has 1 fully saturated rings. The van der Waals surface area contributed by atoms with Crippen molar-refractivity contribution in [1.29, 1.82) is 0 Å². The van der Waals surface area contributed by atoms with E-state index >= 15 is 0 Å². The number of hydrogen-bond acceptors (Lipinski definition) is 1. The lowest BCUT2D eigenvalue weighted by atomic mass is 10.1. The van der Waals surface area contributed by atoms with Gasteiger partial charge in [-0.3, -0.25) is 4.68 Å². The van der Waals surface area contributed by atoms with Gasteiger partial charge >= 0.3 is 0 Å². The summed E-state index contributed by atoms with van der Waals surface area (Å²) in [6.45, 7) is 5.41. The third-order valence-corrected chi connectivity index (χ3v) is 4.76. The zero-order valence-corrected chi connectivity index (χ0v) is 11.0. The molecule has 0 N–H and O–H groups in total. The molecule has 0 unspecified atom stereocenters. The van der Waals surface area contributed by atoms with Gasteiger partial charge in [0.2, 0.25) is 0 Å². The summed E-state index contributed by atoms with van der Waals surface area (Å²) < 4.78 is 3.54. The van der Waals surface area contributed by atoms with Crippen molar-refractivity contribution in [3.05, 3.63) is 15.0 Å². The van der Waals surface area contributed by atoms with E-state index in [0.717, 1.165) is 12.5 Å². The van der Waals surface area contributed by atoms with Gasteiger partial charge in [0.05, 0.1) is 9.26 Å². The number of halogens is 1. The van der Waals surface area contributed by atoms with Crippen molar-refractivity contribution < 1.29 is 0 Å². The Balaban J connectivity index is 2.12. The predicted octanol–water partition coefficient (Wildman–Crippen LogP) is 3.29. The molecule has 14 heavy (non-hydrogen) atoms. The molecular weight excluding hydrogens is 287 g/mol. The van der Waals surface area contributed by atoms with Crippen LogP contribution in [-0.2, 0) is 6.54 Å². The van der Waals surface area contributed by atoms with Gasteiger partial charge in [0.15, 0.2) is 0 Å². The largest absolute Gasteiger partial charge is 0.268 e. The molecule has 0 bridgehead atoms. The molecule has 1 heterocycles. The SMILES string of the molecule is Cc1nn(CC2CCCC2)c(C)c1I. The Morgan fingerprint density at radius 3 is 2.50 bits per heavy atom. The molecule has 0 spiro atoms. The molecule has 2 rings (SSSR count). The standard InChI is InChI=1S/C11H17IN2/c1-8-11(12)9(2)14(13-8)7-10-5-3-4-6-10/h10H,3-7H2,1-2H3. The van der Waals surface area contributed by atoms with Gasteiger partial charge in [0.1, 0.15) is 0 Å². The van der Waals surface area contributed by atoms with Gasteiger partial charge in [-0.15, -0.1) is 0 Å². The summed E-state index contributed by atoms with van der Waals surface area (Å²) in [5, 5.41) is 4.58. The third kappa shape index (κ3) is 1.97. The number of aromatic nitrogens is 2. The maximum atomic E-state index is 4.58. The van der Waals surface area contributed by atoms with Crippen LogP contribution in [0.3, 0.4) is 0 Å². The minimum Gasteiger partial charge on any atom is -0.268 e. The molecule has 0 aromatic carbocycles. The first kappa shape index (κ1) is 10.5. The molecule has 0 aliphatic heterocycles. The number of rotatable bonds is 2. The minimum absolute atomic E-state index is 0.879. The fourth-order valence-corrected chi connectivity index (χ4v) is 2.68. The van der Waals surface area contributed by atoms with Gasteiger partial charge < -0.3 is 0 Å². The van der Waals surface area contributed by atoms with Gasteiger partial charge in [-0.05, 0) is 55.2 Å². The Bertz CT molecular complexity index is 324. The molecule has 1 aliphatic carbocycles. The monoisotopic (exact) mass is 304 g/mol. The Morgan fingerprint density at radius 1 is 1.36 bits per heavy atom. The van der Waals surface area contributed by atoms with Crippen LogP contribution in [0, 0.1) is 23.3 Å². The van der Waals surface area contributed by atoms with Crippen LogP contribution < -0.4 is 0 Å². The summed E-state index contributed by atoms with van der Waals surface area (Å²) in [7, 11) is 0. The van der Waals surface area contributed by atoms with Gasteiger partial charge in [0.25, 0.3) is 0 Å². The second-order valence-electron chi connectivity index (χ2n) is 4.32. The number of aryl methyl sites for hydroxylation is 1. The van der Waals surface area contributed by atoms with Crippen LogP contribution in [0.25, 0.3) is 0 Å².